The topological polar surface area (TPSA) is 64.9 Å². The average molecular weight is 243 g/mol. The van der Waals surface area contributed by atoms with Crippen molar-refractivity contribution in [1.29, 1.82) is 5.26 Å². The molecule has 94 valence electrons. The van der Waals surface area contributed by atoms with Crippen LogP contribution in [0.2, 0.25) is 0 Å². The van der Waals surface area contributed by atoms with Crippen LogP contribution in [0.4, 0.5) is 5.69 Å². The molecule has 0 aromatic heterocycles. The van der Waals surface area contributed by atoms with Gasteiger partial charge in [0.25, 0.3) is 0 Å². The van der Waals surface area contributed by atoms with Crippen LogP contribution in [0.1, 0.15) is 18.4 Å². The molecule has 1 aromatic carbocycles. The van der Waals surface area contributed by atoms with E-state index in [0.29, 0.717) is 18.8 Å². The molecule has 1 aromatic rings. The SMILES string of the molecule is N#CCc1ccc(NC(=O)CC2CCNC2)cc1. The molecule has 4 heteroatoms. The lowest BCUT2D eigenvalue weighted by molar-refractivity contribution is -0.116. The molecule has 0 radical (unpaired) electrons. The lowest BCUT2D eigenvalue weighted by Gasteiger charge is -2.09. The van der Waals surface area contributed by atoms with Gasteiger partial charge in [-0.25, -0.2) is 0 Å². The van der Waals surface area contributed by atoms with E-state index in [1.54, 1.807) is 0 Å². The summed E-state index contributed by atoms with van der Waals surface area (Å²) in [5, 5.41) is 14.7. The molecule has 1 heterocycles. The molecule has 1 aliphatic heterocycles. The minimum Gasteiger partial charge on any atom is -0.326 e. The molecule has 18 heavy (non-hydrogen) atoms. The zero-order valence-electron chi connectivity index (χ0n) is 10.3. The van der Waals surface area contributed by atoms with E-state index in [2.05, 4.69) is 16.7 Å². The molecule has 1 aliphatic rings. The number of nitrogens with zero attached hydrogens (tertiary/aromatic N) is 1. The number of hydrogen-bond acceptors (Lipinski definition) is 3. The largest absolute Gasteiger partial charge is 0.326 e. The van der Waals surface area contributed by atoms with Crippen molar-refractivity contribution >= 4 is 11.6 Å². The van der Waals surface area contributed by atoms with E-state index in [-0.39, 0.29) is 5.91 Å². The number of carbonyl (C=O) groups excluding carboxylic acids is 1. The Morgan fingerprint density at radius 1 is 1.44 bits per heavy atom. The predicted octanol–water partition coefficient (Wildman–Crippen LogP) is 1.69. The Bertz CT molecular complexity index is 441. The van der Waals surface area contributed by atoms with Crippen molar-refractivity contribution in [3.63, 3.8) is 0 Å². The minimum absolute atomic E-state index is 0.0664. The maximum Gasteiger partial charge on any atom is 0.224 e. The number of benzene rings is 1. The molecule has 4 nitrogen and oxygen atoms in total. The number of nitrogens with one attached hydrogen (secondary N) is 2. The first kappa shape index (κ1) is 12.6. The number of anilines is 1. The molecule has 1 saturated heterocycles. The summed E-state index contributed by atoms with van der Waals surface area (Å²) in [7, 11) is 0. The second-order valence-corrected chi connectivity index (χ2v) is 4.64. The molecule has 0 aliphatic carbocycles. The maximum absolute atomic E-state index is 11.8. The normalized spacial score (nSPS) is 18.3. The lowest BCUT2D eigenvalue weighted by Crippen LogP contribution is -2.18. The van der Waals surface area contributed by atoms with Crippen LogP contribution in [0.5, 0.6) is 0 Å². The van der Waals surface area contributed by atoms with Gasteiger partial charge in [-0.1, -0.05) is 12.1 Å². The highest BCUT2D eigenvalue weighted by molar-refractivity contribution is 5.90. The Labute approximate surface area is 107 Å². The van der Waals surface area contributed by atoms with Crippen molar-refractivity contribution in [3.8, 4) is 6.07 Å². The quantitative estimate of drug-likeness (QED) is 0.845. The van der Waals surface area contributed by atoms with Gasteiger partial charge in [0.1, 0.15) is 0 Å². The Morgan fingerprint density at radius 3 is 2.83 bits per heavy atom. The van der Waals surface area contributed by atoms with Crippen molar-refractivity contribution < 1.29 is 4.79 Å². The zero-order valence-corrected chi connectivity index (χ0v) is 10.3. The number of hydrogen-bond donors (Lipinski definition) is 2. The number of rotatable bonds is 4. The van der Waals surface area contributed by atoms with Gasteiger partial charge in [-0.15, -0.1) is 0 Å². The van der Waals surface area contributed by atoms with Crippen LogP contribution in [0, 0.1) is 17.2 Å². The molecular formula is C14H17N3O. The Kier molecular flexibility index (Phi) is 4.32. The highest BCUT2D eigenvalue weighted by atomic mass is 16.1. The fraction of sp³-hybridized carbons (Fsp3) is 0.429. The summed E-state index contributed by atoms with van der Waals surface area (Å²) in [5.74, 6) is 0.527. The molecule has 1 unspecified atom stereocenters. The second kappa shape index (κ2) is 6.18. The van der Waals surface area contributed by atoms with Crippen LogP contribution in [0.3, 0.4) is 0 Å². The van der Waals surface area contributed by atoms with Gasteiger partial charge < -0.3 is 10.6 Å². The van der Waals surface area contributed by atoms with Gasteiger partial charge in [-0.2, -0.15) is 5.26 Å². The van der Waals surface area contributed by atoms with E-state index in [1.807, 2.05) is 24.3 Å². The monoisotopic (exact) mass is 243 g/mol. The number of carbonyl (C=O) groups is 1. The molecular weight excluding hydrogens is 226 g/mol. The van der Waals surface area contributed by atoms with E-state index in [0.717, 1.165) is 30.8 Å². The first-order chi connectivity index (χ1) is 8.78. The third-order valence-corrected chi connectivity index (χ3v) is 3.16. The minimum atomic E-state index is 0.0664. The number of nitriles is 1. The number of amides is 1. The van der Waals surface area contributed by atoms with Gasteiger partial charge >= 0.3 is 0 Å². The Hall–Kier alpha value is -1.86. The fourth-order valence-electron chi connectivity index (χ4n) is 2.16. The molecule has 2 rings (SSSR count). The van der Waals surface area contributed by atoms with Gasteiger partial charge in [0.2, 0.25) is 5.91 Å². The highest BCUT2D eigenvalue weighted by Crippen LogP contribution is 2.15. The molecule has 1 atom stereocenters. The summed E-state index contributed by atoms with van der Waals surface area (Å²) in [6.07, 6.45) is 2.06. The lowest BCUT2D eigenvalue weighted by atomic mass is 10.0. The third kappa shape index (κ3) is 3.57. The summed E-state index contributed by atoms with van der Waals surface area (Å²) in [6, 6.07) is 9.53. The average Bonchev–Trinajstić information content (AvgIpc) is 2.84. The molecule has 2 N–H and O–H groups in total. The van der Waals surface area contributed by atoms with E-state index < -0.39 is 0 Å². The first-order valence-corrected chi connectivity index (χ1v) is 6.24. The molecule has 1 amide bonds. The Balaban J connectivity index is 1.84. The molecule has 0 bridgehead atoms. The van der Waals surface area contributed by atoms with Crippen LogP contribution in [-0.4, -0.2) is 19.0 Å². The van der Waals surface area contributed by atoms with E-state index in [9.17, 15) is 4.79 Å². The summed E-state index contributed by atoms with van der Waals surface area (Å²) in [5.41, 5.74) is 1.77. The first-order valence-electron chi connectivity index (χ1n) is 6.24. The van der Waals surface area contributed by atoms with Crippen LogP contribution >= 0.6 is 0 Å². The Morgan fingerprint density at radius 2 is 2.22 bits per heavy atom. The third-order valence-electron chi connectivity index (χ3n) is 3.16. The van der Waals surface area contributed by atoms with Crippen LogP contribution < -0.4 is 10.6 Å². The van der Waals surface area contributed by atoms with Gasteiger partial charge in [-0.3, -0.25) is 4.79 Å². The summed E-state index contributed by atoms with van der Waals surface area (Å²) in [6.45, 7) is 1.95. The van der Waals surface area contributed by atoms with E-state index in [4.69, 9.17) is 5.26 Å². The van der Waals surface area contributed by atoms with Crippen LogP contribution in [0.25, 0.3) is 0 Å². The second-order valence-electron chi connectivity index (χ2n) is 4.64. The van der Waals surface area contributed by atoms with Crippen molar-refractivity contribution in [2.45, 2.75) is 19.3 Å². The van der Waals surface area contributed by atoms with Crippen molar-refractivity contribution in [3.05, 3.63) is 29.8 Å². The van der Waals surface area contributed by atoms with E-state index in [1.165, 1.54) is 0 Å². The highest BCUT2D eigenvalue weighted by Gasteiger charge is 2.17. The van der Waals surface area contributed by atoms with Crippen molar-refractivity contribution in [2.24, 2.45) is 5.92 Å². The summed E-state index contributed by atoms with van der Waals surface area (Å²) in [4.78, 5) is 11.8. The summed E-state index contributed by atoms with van der Waals surface area (Å²) < 4.78 is 0. The van der Waals surface area contributed by atoms with Crippen molar-refractivity contribution in [1.82, 2.24) is 5.32 Å². The maximum atomic E-state index is 11.8. The van der Waals surface area contributed by atoms with Gasteiger partial charge in [0, 0.05) is 12.1 Å². The zero-order chi connectivity index (χ0) is 12.8. The predicted molar refractivity (Wildman–Crippen MR) is 70.0 cm³/mol. The standard InChI is InChI=1S/C14H17N3O/c15-7-5-11-1-3-13(4-2-11)17-14(18)9-12-6-8-16-10-12/h1-4,12,16H,5-6,8-10H2,(H,17,18). The smallest absolute Gasteiger partial charge is 0.224 e. The summed E-state index contributed by atoms with van der Waals surface area (Å²) >= 11 is 0. The fourth-order valence-corrected chi connectivity index (χ4v) is 2.16. The van der Waals surface area contributed by atoms with Gasteiger partial charge in [0.15, 0.2) is 0 Å². The van der Waals surface area contributed by atoms with Gasteiger partial charge in [-0.05, 0) is 43.1 Å². The van der Waals surface area contributed by atoms with Crippen molar-refractivity contribution in [2.75, 3.05) is 18.4 Å². The van der Waals surface area contributed by atoms with Gasteiger partial charge in [0.05, 0.1) is 12.5 Å². The molecule has 1 fully saturated rings. The van der Waals surface area contributed by atoms with Crippen LogP contribution in [0.15, 0.2) is 24.3 Å². The van der Waals surface area contributed by atoms with E-state index >= 15 is 0 Å². The molecule has 0 saturated carbocycles. The molecule has 0 spiro atoms. The van der Waals surface area contributed by atoms with Crippen LogP contribution in [-0.2, 0) is 11.2 Å².